The molecule has 1 nitrogen and oxygen atoms in total. The molecule has 0 N–H and O–H groups in total. The molecule has 2 aliphatic carbocycles. The highest BCUT2D eigenvalue weighted by atomic mass is 79.9. The van der Waals surface area contributed by atoms with E-state index in [4.69, 9.17) is 4.74 Å². The third-order valence-corrected chi connectivity index (χ3v) is 6.65. The van der Waals surface area contributed by atoms with Crippen molar-refractivity contribution in [2.75, 3.05) is 5.33 Å². The van der Waals surface area contributed by atoms with Gasteiger partial charge in [0.2, 0.25) is 0 Å². The summed E-state index contributed by atoms with van der Waals surface area (Å²) in [6.07, 6.45) is 15.7. The molecular formula is C15H25BrO. The first-order valence-electron chi connectivity index (χ1n) is 7.50. The molecule has 98 valence electrons. The van der Waals surface area contributed by atoms with E-state index in [1.807, 2.05) is 0 Å². The first-order valence-corrected chi connectivity index (χ1v) is 8.62. The third-order valence-electron chi connectivity index (χ3n) is 5.46. The second kappa shape index (κ2) is 4.85. The number of hydrogen-bond donors (Lipinski definition) is 0. The molecule has 1 saturated heterocycles. The minimum atomic E-state index is 0.330. The van der Waals surface area contributed by atoms with Gasteiger partial charge in [-0.25, -0.2) is 0 Å². The molecule has 0 radical (unpaired) electrons. The van der Waals surface area contributed by atoms with Crippen molar-refractivity contribution in [3.05, 3.63) is 0 Å². The zero-order chi connectivity index (χ0) is 11.8. The predicted molar refractivity (Wildman–Crippen MR) is 74.6 cm³/mol. The molecule has 3 rings (SSSR count). The SMILES string of the molecule is BrCC1(CC2CCC3(CCCC3)O2)CCCC1. The molecule has 1 heterocycles. The molecule has 0 amide bonds. The molecule has 1 unspecified atom stereocenters. The largest absolute Gasteiger partial charge is 0.372 e. The van der Waals surface area contributed by atoms with Gasteiger partial charge in [0.05, 0.1) is 11.7 Å². The van der Waals surface area contributed by atoms with Gasteiger partial charge in [0, 0.05) is 5.33 Å². The second-order valence-electron chi connectivity index (χ2n) is 6.71. The van der Waals surface area contributed by atoms with E-state index in [2.05, 4.69) is 15.9 Å². The zero-order valence-electron chi connectivity index (χ0n) is 10.8. The lowest BCUT2D eigenvalue weighted by molar-refractivity contribution is -0.0508. The van der Waals surface area contributed by atoms with E-state index >= 15 is 0 Å². The lowest BCUT2D eigenvalue weighted by Crippen LogP contribution is -2.29. The van der Waals surface area contributed by atoms with E-state index in [0.29, 0.717) is 17.1 Å². The van der Waals surface area contributed by atoms with Gasteiger partial charge in [-0.1, -0.05) is 41.6 Å². The van der Waals surface area contributed by atoms with Crippen LogP contribution in [0.5, 0.6) is 0 Å². The van der Waals surface area contributed by atoms with Gasteiger partial charge in [-0.2, -0.15) is 0 Å². The molecule has 1 atom stereocenters. The van der Waals surface area contributed by atoms with Crippen LogP contribution in [0.15, 0.2) is 0 Å². The molecule has 1 spiro atoms. The van der Waals surface area contributed by atoms with Gasteiger partial charge in [-0.05, 0) is 50.4 Å². The minimum absolute atomic E-state index is 0.330. The Balaban J connectivity index is 1.59. The molecular weight excluding hydrogens is 276 g/mol. The Kier molecular flexibility index (Phi) is 3.56. The summed E-state index contributed by atoms with van der Waals surface area (Å²) in [5.74, 6) is 0. The van der Waals surface area contributed by atoms with Crippen LogP contribution in [0.2, 0.25) is 0 Å². The standard InChI is InChI=1S/C15H25BrO/c16-12-14(6-1-2-7-14)11-13-5-10-15(17-13)8-3-4-9-15/h13H,1-12H2. The predicted octanol–water partition coefficient (Wildman–Crippen LogP) is 4.82. The summed E-state index contributed by atoms with van der Waals surface area (Å²) in [5, 5.41) is 1.19. The summed E-state index contributed by atoms with van der Waals surface area (Å²) in [7, 11) is 0. The van der Waals surface area contributed by atoms with Gasteiger partial charge < -0.3 is 4.74 Å². The Morgan fingerprint density at radius 3 is 2.24 bits per heavy atom. The topological polar surface area (TPSA) is 9.23 Å². The van der Waals surface area contributed by atoms with Crippen molar-refractivity contribution in [2.45, 2.75) is 82.3 Å². The maximum absolute atomic E-state index is 6.48. The van der Waals surface area contributed by atoms with E-state index in [9.17, 15) is 0 Å². The van der Waals surface area contributed by atoms with Crippen molar-refractivity contribution in [3.8, 4) is 0 Å². The van der Waals surface area contributed by atoms with Crippen LogP contribution in [-0.2, 0) is 4.74 Å². The molecule has 17 heavy (non-hydrogen) atoms. The molecule has 3 fully saturated rings. The summed E-state index contributed by atoms with van der Waals surface area (Å²) < 4.78 is 6.48. The quantitative estimate of drug-likeness (QED) is 0.679. The Morgan fingerprint density at radius 2 is 1.59 bits per heavy atom. The smallest absolute Gasteiger partial charge is 0.0687 e. The summed E-state index contributed by atoms with van der Waals surface area (Å²) in [6.45, 7) is 0. The Labute approximate surface area is 114 Å². The Morgan fingerprint density at radius 1 is 0.941 bits per heavy atom. The zero-order valence-corrected chi connectivity index (χ0v) is 12.4. The molecule has 0 aromatic heterocycles. The van der Waals surface area contributed by atoms with Gasteiger partial charge >= 0.3 is 0 Å². The van der Waals surface area contributed by atoms with Gasteiger partial charge in [0.15, 0.2) is 0 Å². The lowest BCUT2D eigenvalue weighted by Gasteiger charge is -2.31. The maximum atomic E-state index is 6.48. The monoisotopic (exact) mass is 300 g/mol. The van der Waals surface area contributed by atoms with Crippen molar-refractivity contribution >= 4 is 15.9 Å². The van der Waals surface area contributed by atoms with Crippen LogP contribution in [0, 0.1) is 5.41 Å². The van der Waals surface area contributed by atoms with Crippen LogP contribution in [0.3, 0.4) is 0 Å². The number of alkyl halides is 1. The average Bonchev–Trinajstić information content (AvgIpc) is 3.04. The Hall–Kier alpha value is 0.440. The van der Waals surface area contributed by atoms with Crippen molar-refractivity contribution < 1.29 is 4.74 Å². The summed E-state index contributed by atoms with van der Waals surface area (Å²) >= 11 is 3.76. The normalized spacial score (nSPS) is 34.8. The molecule has 2 heteroatoms. The summed E-state index contributed by atoms with van der Waals surface area (Å²) in [4.78, 5) is 0. The molecule has 1 aliphatic heterocycles. The molecule has 0 aromatic carbocycles. The van der Waals surface area contributed by atoms with Gasteiger partial charge in [0.25, 0.3) is 0 Å². The average molecular weight is 301 g/mol. The highest BCUT2D eigenvalue weighted by Crippen LogP contribution is 2.49. The highest BCUT2D eigenvalue weighted by molar-refractivity contribution is 9.09. The van der Waals surface area contributed by atoms with Crippen LogP contribution in [-0.4, -0.2) is 17.0 Å². The van der Waals surface area contributed by atoms with Crippen LogP contribution in [0.1, 0.15) is 70.6 Å². The second-order valence-corrected chi connectivity index (χ2v) is 7.27. The van der Waals surface area contributed by atoms with E-state index in [-0.39, 0.29) is 0 Å². The number of hydrogen-bond acceptors (Lipinski definition) is 1. The highest BCUT2D eigenvalue weighted by Gasteiger charge is 2.45. The molecule has 2 saturated carbocycles. The lowest BCUT2D eigenvalue weighted by atomic mass is 9.82. The van der Waals surface area contributed by atoms with Crippen molar-refractivity contribution in [1.82, 2.24) is 0 Å². The maximum Gasteiger partial charge on any atom is 0.0687 e. The fourth-order valence-electron chi connectivity index (χ4n) is 4.43. The Bertz CT molecular complexity index is 264. The van der Waals surface area contributed by atoms with E-state index < -0.39 is 0 Å². The minimum Gasteiger partial charge on any atom is -0.372 e. The fraction of sp³-hybridized carbons (Fsp3) is 1.00. The van der Waals surface area contributed by atoms with E-state index in [1.165, 1.54) is 76.0 Å². The van der Waals surface area contributed by atoms with Gasteiger partial charge in [0.1, 0.15) is 0 Å². The van der Waals surface area contributed by atoms with Gasteiger partial charge in [-0.15, -0.1) is 0 Å². The first-order chi connectivity index (χ1) is 8.26. The van der Waals surface area contributed by atoms with Crippen LogP contribution in [0.25, 0.3) is 0 Å². The number of halogens is 1. The summed E-state index contributed by atoms with van der Waals surface area (Å²) in [5.41, 5.74) is 0.908. The first kappa shape index (κ1) is 12.5. The summed E-state index contributed by atoms with van der Waals surface area (Å²) in [6, 6.07) is 0. The van der Waals surface area contributed by atoms with E-state index in [0.717, 1.165) is 0 Å². The molecule has 3 aliphatic rings. The molecule has 0 bridgehead atoms. The van der Waals surface area contributed by atoms with Crippen LogP contribution >= 0.6 is 15.9 Å². The van der Waals surface area contributed by atoms with Crippen LogP contribution < -0.4 is 0 Å². The third kappa shape index (κ3) is 2.45. The molecule has 0 aromatic rings. The fourth-order valence-corrected chi connectivity index (χ4v) is 5.22. The van der Waals surface area contributed by atoms with Crippen molar-refractivity contribution in [2.24, 2.45) is 5.41 Å². The van der Waals surface area contributed by atoms with E-state index in [1.54, 1.807) is 0 Å². The van der Waals surface area contributed by atoms with Crippen molar-refractivity contribution in [1.29, 1.82) is 0 Å². The van der Waals surface area contributed by atoms with Crippen LogP contribution in [0.4, 0.5) is 0 Å². The number of rotatable bonds is 3. The van der Waals surface area contributed by atoms with Gasteiger partial charge in [-0.3, -0.25) is 0 Å². The number of ether oxygens (including phenoxy) is 1. The van der Waals surface area contributed by atoms with Crippen molar-refractivity contribution in [3.63, 3.8) is 0 Å².